The third-order valence-corrected chi connectivity index (χ3v) is 3.47. The van der Waals surface area contributed by atoms with Gasteiger partial charge in [-0.2, -0.15) is 0 Å². The van der Waals surface area contributed by atoms with Crippen molar-refractivity contribution in [2.75, 3.05) is 26.9 Å². The largest absolute Gasteiger partial charge is 0.480 e. The summed E-state index contributed by atoms with van der Waals surface area (Å²) in [5.41, 5.74) is -0.800. The molecule has 1 saturated carbocycles. The SMILES string of the molecule is CCCNC1(C(=O)O)CCCC(OCCOC)C1. The molecule has 1 rings (SSSR count). The molecule has 0 spiro atoms. The number of aliphatic carboxylic acids is 1. The van der Waals surface area contributed by atoms with Crippen molar-refractivity contribution < 1.29 is 19.4 Å². The zero-order valence-electron chi connectivity index (χ0n) is 11.4. The van der Waals surface area contributed by atoms with Crippen molar-refractivity contribution in [2.24, 2.45) is 0 Å². The summed E-state index contributed by atoms with van der Waals surface area (Å²) in [6, 6.07) is 0. The Bertz CT molecular complexity index is 259. The molecule has 0 aliphatic heterocycles. The second-order valence-electron chi connectivity index (χ2n) is 4.90. The van der Waals surface area contributed by atoms with Crippen molar-refractivity contribution in [1.82, 2.24) is 5.32 Å². The van der Waals surface area contributed by atoms with Gasteiger partial charge in [-0.25, -0.2) is 0 Å². The molecule has 5 nitrogen and oxygen atoms in total. The van der Waals surface area contributed by atoms with Gasteiger partial charge in [-0.3, -0.25) is 4.79 Å². The summed E-state index contributed by atoms with van der Waals surface area (Å²) in [6.07, 6.45) is 4.02. The minimum absolute atomic E-state index is 0.0226. The Kier molecular flexibility index (Phi) is 6.60. The van der Waals surface area contributed by atoms with Crippen LogP contribution in [-0.4, -0.2) is 49.6 Å². The highest BCUT2D eigenvalue weighted by atomic mass is 16.5. The van der Waals surface area contributed by atoms with E-state index in [1.54, 1.807) is 7.11 Å². The first-order chi connectivity index (χ1) is 8.64. The second kappa shape index (κ2) is 7.71. The number of carboxylic acids is 1. The number of carboxylic acid groups (broad SMARTS) is 1. The number of carbonyl (C=O) groups is 1. The average molecular weight is 259 g/mol. The maximum atomic E-state index is 11.5. The van der Waals surface area contributed by atoms with Gasteiger partial charge in [-0.15, -0.1) is 0 Å². The maximum Gasteiger partial charge on any atom is 0.323 e. The number of hydrogen-bond donors (Lipinski definition) is 2. The molecule has 0 heterocycles. The topological polar surface area (TPSA) is 67.8 Å². The summed E-state index contributed by atoms with van der Waals surface area (Å²) >= 11 is 0. The van der Waals surface area contributed by atoms with Gasteiger partial charge in [-0.05, 0) is 32.2 Å². The van der Waals surface area contributed by atoms with Crippen LogP contribution >= 0.6 is 0 Å². The summed E-state index contributed by atoms with van der Waals surface area (Å²) < 4.78 is 10.6. The first-order valence-electron chi connectivity index (χ1n) is 6.73. The average Bonchev–Trinajstić information content (AvgIpc) is 2.37. The van der Waals surface area contributed by atoms with Crippen molar-refractivity contribution >= 4 is 5.97 Å². The predicted octanol–water partition coefficient (Wildman–Crippen LogP) is 1.41. The van der Waals surface area contributed by atoms with E-state index in [0.29, 0.717) is 26.1 Å². The Hall–Kier alpha value is -0.650. The molecule has 2 atom stereocenters. The van der Waals surface area contributed by atoms with Gasteiger partial charge < -0.3 is 19.9 Å². The highest BCUT2D eigenvalue weighted by Gasteiger charge is 2.42. The number of methoxy groups -OCH3 is 1. The molecular formula is C13H25NO4. The number of rotatable bonds is 8. The molecule has 5 heteroatoms. The Morgan fingerprint density at radius 1 is 1.50 bits per heavy atom. The number of nitrogens with one attached hydrogen (secondary N) is 1. The van der Waals surface area contributed by atoms with Crippen molar-refractivity contribution in [3.63, 3.8) is 0 Å². The minimum atomic E-state index is -0.800. The number of ether oxygens (including phenoxy) is 2. The van der Waals surface area contributed by atoms with Crippen LogP contribution in [0.5, 0.6) is 0 Å². The Morgan fingerprint density at radius 3 is 2.89 bits per heavy atom. The highest BCUT2D eigenvalue weighted by Crippen LogP contribution is 2.30. The van der Waals surface area contributed by atoms with Crippen molar-refractivity contribution in [1.29, 1.82) is 0 Å². The summed E-state index contributed by atoms with van der Waals surface area (Å²) in [7, 11) is 1.63. The summed E-state index contributed by atoms with van der Waals surface area (Å²) in [5, 5.41) is 12.7. The lowest BCUT2D eigenvalue weighted by Crippen LogP contribution is -2.56. The van der Waals surface area contributed by atoms with E-state index < -0.39 is 11.5 Å². The fourth-order valence-electron chi connectivity index (χ4n) is 2.46. The van der Waals surface area contributed by atoms with Crippen LogP contribution in [0.2, 0.25) is 0 Å². The van der Waals surface area contributed by atoms with Crippen LogP contribution in [0.1, 0.15) is 39.0 Å². The van der Waals surface area contributed by atoms with E-state index in [2.05, 4.69) is 5.32 Å². The molecule has 0 aromatic carbocycles. The first kappa shape index (κ1) is 15.4. The predicted molar refractivity (Wildman–Crippen MR) is 68.7 cm³/mol. The zero-order valence-corrected chi connectivity index (χ0v) is 11.4. The van der Waals surface area contributed by atoms with Crippen molar-refractivity contribution in [3.8, 4) is 0 Å². The minimum Gasteiger partial charge on any atom is -0.480 e. The Balaban J connectivity index is 2.53. The van der Waals surface area contributed by atoms with Crippen LogP contribution in [0.3, 0.4) is 0 Å². The smallest absolute Gasteiger partial charge is 0.323 e. The van der Waals surface area contributed by atoms with Crippen molar-refractivity contribution in [3.05, 3.63) is 0 Å². The third-order valence-electron chi connectivity index (χ3n) is 3.47. The molecule has 0 amide bonds. The molecule has 18 heavy (non-hydrogen) atoms. The molecule has 1 fully saturated rings. The molecule has 106 valence electrons. The molecule has 2 N–H and O–H groups in total. The van der Waals surface area contributed by atoms with Crippen LogP contribution in [0.15, 0.2) is 0 Å². The van der Waals surface area contributed by atoms with Crippen LogP contribution in [0, 0.1) is 0 Å². The zero-order chi connectivity index (χ0) is 13.4. The molecule has 0 bridgehead atoms. The molecule has 0 saturated heterocycles. The van der Waals surface area contributed by atoms with Gasteiger partial charge in [0.1, 0.15) is 5.54 Å². The van der Waals surface area contributed by atoms with Gasteiger partial charge in [-0.1, -0.05) is 6.92 Å². The lowest BCUT2D eigenvalue weighted by atomic mass is 9.80. The van der Waals surface area contributed by atoms with E-state index in [1.807, 2.05) is 6.92 Å². The molecule has 0 aromatic rings. The monoisotopic (exact) mass is 259 g/mol. The van der Waals surface area contributed by atoms with Crippen LogP contribution in [0.25, 0.3) is 0 Å². The summed E-state index contributed by atoms with van der Waals surface area (Å²) in [5.74, 6) is -0.754. The molecule has 0 radical (unpaired) electrons. The van der Waals surface area contributed by atoms with E-state index in [4.69, 9.17) is 9.47 Å². The van der Waals surface area contributed by atoms with E-state index in [9.17, 15) is 9.90 Å². The van der Waals surface area contributed by atoms with Crippen LogP contribution in [-0.2, 0) is 14.3 Å². The van der Waals surface area contributed by atoms with Gasteiger partial charge >= 0.3 is 5.97 Å². The standard InChI is InChI=1S/C13H25NO4/c1-3-7-14-13(12(15)16)6-4-5-11(10-13)18-9-8-17-2/h11,14H,3-10H2,1-2H3,(H,15,16). The summed E-state index contributed by atoms with van der Waals surface area (Å²) in [4.78, 5) is 11.5. The fourth-order valence-corrected chi connectivity index (χ4v) is 2.46. The fraction of sp³-hybridized carbons (Fsp3) is 0.923. The summed E-state index contributed by atoms with van der Waals surface area (Å²) in [6.45, 7) is 3.86. The van der Waals surface area contributed by atoms with E-state index in [0.717, 1.165) is 25.8 Å². The molecule has 1 aliphatic carbocycles. The van der Waals surface area contributed by atoms with Gasteiger partial charge in [0.05, 0.1) is 19.3 Å². The van der Waals surface area contributed by atoms with Crippen LogP contribution in [0.4, 0.5) is 0 Å². The van der Waals surface area contributed by atoms with Gasteiger partial charge in [0.15, 0.2) is 0 Å². The van der Waals surface area contributed by atoms with E-state index in [1.165, 1.54) is 0 Å². The highest BCUT2D eigenvalue weighted by molar-refractivity contribution is 5.79. The lowest BCUT2D eigenvalue weighted by molar-refractivity contribution is -0.149. The quantitative estimate of drug-likeness (QED) is 0.645. The Morgan fingerprint density at radius 2 is 2.28 bits per heavy atom. The third kappa shape index (κ3) is 4.23. The van der Waals surface area contributed by atoms with E-state index in [-0.39, 0.29) is 6.10 Å². The van der Waals surface area contributed by atoms with E-state index >= 15 is 0 Å². The normalized spacial score (nSPS) is 28.2. The maximum absolute atomic E-state index is 11.5. The molecule has 1 aliphatic rings. The number of hydrogen-bond acceptors (Lipinski definition) is 4. The van der Waals surface area contributed by atoms with Crippen LogP contribution < -0.4 is 5.32 Å². The second-order valence-corrected chi connectivity index (χ2v) is 4.90. The molecule has 0 aromatic heterocycles. The van der Waals surface area contributed by atoms with Crippen molar-refractivity contribution in [2.45, 2.75) is 50.7 Å². The lowest BCUT2D eigenvalue weighted by Gasteiger charge is -2.38. The van der Waals surface area contributed by atoms with Gasteiger partial charge in [0, 0.05) is 13.5 Å². The van der Waals surface area contributed by atoms with Gasteiger partial charge in [0.2, 0.25) is 0 Å². The van der Waals surface area contributed by atoms with Gasteiger partial charge in [0.25, 0.3) is 0 Å². The molecular weight excluding hydrogens is 234 g/mol. The first-order valence-corrected chi connectivity index (χ1v) is 6.73. The Labute approximate surface area is 109 Å². The molecule has 2 unspecified atom stereocenters.